The molecule has 0 fully saturated rings. The molecule has 1 aromatic carbocycles. The maximum atomic E-state index is 10.7. The molecule has 0 radical (unpaired) electrons. The van der Waals surface area contributed by atoms with Crippen LogP contribution in [0.2, 0.25) is 0 Å². The Morgan fingerprint density at radius 3 is 2.62 bits per heavy atom. The fourth-order valence-corrected chi connectivity index (χ4v) is 2.10. The van der Waals surface area contributed by atoms with Crippen LogP contribution in [0.5, 0.6) is 11.5 Å². The van der Waals surface area contributed by atoms with E-state index in [0.29, 0.717) is 15.8 Å². The van der Waals surface area contributed by atoms with E-state index in [1.54, 1.807) is 6.92 Å². The molecule has 1 rings (SSSR count). The minimum Gasteiger partial charge on any atom is -0.507 e. The Morgan fingerprint density at radius 2 is 2.19 bits per heavy atom. The van der Waals surface area contributed by atoms with Crippen LogP contribution in [0.25, 0.3) is 0 Å². The van der Waals surface area contributed by atoms with Gasteiger partial charge in [0.1, 0.15) is 17.5 Å². The summed E-state index contributed by atoms with van der Waals surface area (Å²) in [6.07, 6.45) is 0. The van der Waals surface area contributed by atoms with Gasteiger partial charge in [-0.2, -0.15) is 0 Å². The van der Waals surface area contributed by atoms with E-state index >= 15 is 0 Å². The van der Waals surface area contributed by atoms with Crippen LogP contribution < -0.4 is 10.5 Å². The lowest BCUT2D eigenvalue weighted by molar-refractivity contribution is -0.138. The second-order valence-electron chi connectivity index (χ2n) is 3.27. The van der Waals surface area contributed by atoms with Gasteiger partial charge in [-0.1, -0.05) is 0 Å². The van der Waals surface area contributed by atoms with Crippen molar-refractivity contribution in [1.29, 1.82) is 0 Å². The van der Waals surface area contributed by atoms with Crippen molar-refractivity contribution in [3.63, 3.8) is 0 Å². The van der Waals surface area contributed by atoms with Crippen LogP contribution in [-0.2, 0) is 4.79 Å². The molecule has 0 aliphatic rings. The molecular formula is C10H12BrNO4. The van der Waals surface area contributed by atoms with E-state index < -0.39 is 12.0 Å². The number of methoxy groups -OCH3 is 1. The summed E-state index contributed by atoms with van der Waals surface area (Å²) >= 11 is 3.23. The number of carboxylic acids is 1. The largest absolute Gasteiger partial charge is 0.507 e. The number of hydrogen-bond donors (Lipinski definition) is 3. The Labute approximate surface area is 101 Å². The highest BCUT2D eigenvalue weighted by Crippen LogP contribution is 2.39. The monoisotopic (exact) mass is 289 g/mol. The van der Waals surface area contributed by atoms with E-state index in [0.717, 1.165) is 0 Å². The maximum Gasteiger partial charge on any atom is 0.325 e. The van der Waals surface area contributed by atoms with Crippen molar-refractivity contribution >= 4 is 21.9 Å². The summed E-state index contributed by atoms with van der Waals surface area (Å²) in [5, 5.41) is 18.6. The maximum absolute atomic E-state index is 10.7. The highest BCUT2D eigenvalue weighted by atomic mass is 79.9. The zero-order valence-electron chi connectivity index (χ0n) is 8.82. The van der Waals surface area contributed by atoms with Crippen molar-refractivity contribution < 1.29 is 19.7 Å². The number of hydrogen-bond acceptors (Lipinski definition) is 4. The first-order chi connectivity index (χ1) is 7.40. The number of ether oxygens (including phenoxy) is 1. The van der Waals surface area contributed by atoms with Gasteiger partial charge < -0.3 is 20.7 Å². The van der Waals surface area contributed by atoms with E-state index in [2.05, 4.69) is 15.9 Å². The topological polar surface area (TPSA) is 92.8 Å². The lowest BCUT2D eigenvalue weighted by Gasteiger charge is -2.15. The third-order valence-electron chi connectivity index (χ3n) is 2.27. The SMILES string of the molecule is COc1c(Br)cc(C(N)C(=O)O)c(O)c1C. The Bertz CT molecular complexity index is 433. The molecule has 6 heteroatoms. The molecule has 88 valence electrons. The molecule has 0 aliphatic heterocycles. The normalized spacial score (nSPS) is 12.2. The molecule has 1 aromatic rings. The number of nitrogens with two attached hydrogens (primary N) is 1. The van der Waals surface area contributed by atoms with Gasteiger partial charge in [-0.15, -0.1) is 0 Å². The molecule has 0 amide bonds. The molecular weight excluding hydrogens is 278 g/mol. The zero-order chi connectivity index (χ0) is 12.5. The van der Waals surface area contributed by atoms with Crippen molar-refractivity contribution in [3.05, 3.63) is 21.7 Å². The smallest absolute Gasteiger partial charge is 0.325 e. The van der Waals surface area contributed by atoms with Gasteiger partial charge in [0, 0.05) is 11.1 Å². The van der Waals surface area contributed by atoms with Gasteiger partial charge in [-0.25, -0.2) is 0 Å². The molecule has 0 heterocycles. The molecule has 0 saturated carbocycles. The summed E-state index contributed by atoms with van der Waals surface area (Å²) in [6.45, 7) is 1.62. The summed E-state index contributed by atoms with van der Waals surface area (Å²) < 4.78 is 5.61. The molecule has 0 bridgehead atoms. The van der Waals surface area contributed by atoms with Crippen LogP contribution in [0.1, 0.15) is 17.2 Å². The average Bonchev–Trinajstić information content (AvgIpc) is 2.23. The first-order valence-corrected chi connectivity index (χ1v) is 5.23. The fourth-order valence-electron chi connectivity index (χ4n) is 1.39. The van der Waals surface area contributed by atoms with Gasteiger partial charge in [0.15, 0.2) is 0 Å². The third kappa shape index (κ3) is 2.12. The van der Waals surface area contributed by atoms with Crippen LogP contribution >= 0.6 is 15.9 Å². The molecule has 0 spiro atoms. The predicted octanol–water partition coefficient (Wildman–Crippen LogP) is 1.56. The number of benzene rings is 1. The highest BCUT2D eigenvalue weighted by molar-refractivity contribution is 9.10. The standard InChI is InChI=1S/C10H12BrNO4/c1-4-8(13)5(7(12)10(14)15)3-6(11)9(4)16-2/h3,7,13H,12H2,1-2H3,(H,14,15). The number of carboxylic acid groups (broad SMARTS) is 1. The number of rotatable bonds is 3. The number of aliphatic carboxylic acids is 1. The van der Waals surface area contributed by atoms with Crippen molar-refractivity contribution in [2.45, 2.75) is 13.0 Å². The molecule has 1 atom stereocenters. The van der Waals surface area contributed by atoms with E-state index in [1.807, 2.05) is 0 Å². The first-order valence-electron chi connectivity index (χ1n) is 4.44. The average molecular weight is 290 g/mol. The molecule has 4 N–H and O–H groups in total. The van der Waals surface area contributed by atoms with Gasteiger partial charge in [-0.05, 0) is 28.9 Å². The van der Waals surface area contributed by atoms with Gasteiger partial charge in [0.05, 0.1) is 11.6 Å². The highest BCUT2D eigenvalue weighted by Gasteiger charge is 2.22. The van der Waals surface area contributed by atoms with Crippen LogP contribution in [0.15, 0.2) is 10.5 Å². The molecule has 0 aliphatic carbocycles. The van der Waals surface area contributed by atoms with Crippen LogP contribution in [0, 0.1) is 6.92 Å². The van der Waals surface area contributed by atoms with E-state index in [4.69, 9.17) is 15.6 Å². The number of phenols is 1. The predicted molar refractivity (Wildman–Crippen MR) is 61.7 cm³/mol. The van der Waals surface area contributed by atoms with Crippen molar-refractivity contribution in [1.82, 2.24) is 0 Å². The summed E-state index contributed by atoms with van der Waals surface area (Å²) in [6, 6.07) is 0.181. The summed E-state index contributed by atoms with van der Waals surface area (Å²) in [4.78, 5) is 10.7. The Kier molecular flexibility index (Phi) is 3.77. The quantitative estimate of drug-likeness (QED) is 0.785. The second-order valence-corrected chi connectivity index (χ2v) is 4.12. The van der Waals surface area contributed by atoms with Crippen molar-refractivity contribution in [3.8, 4) is 11.5 Å². The Morgan fingerprint density at radius 1 is 1.62 bits per heavy atom. The minimum absolute atomic E-state index is 0.151. The number of carbonyl (C=O) groups is 1. The molecule has 0 aromatic heterocycles. The van der Waals surface area contributed by atoms with Gasteiger partial charge in [-0.3, -0.25) is 4.79 Å². The summed E-state index contributed by atoms with van der Waals surface area (Å²) in [5.41, 5.74) is 6.05. The molecule has 1 unspecified atom stereocenters. The first kappa shape index (κ1) is 12.8. The fraction of sp³-hybridized carbons (Fsp3) is 0.300. The Hall–Kier alpha value is -1.27. The van der Waals surface area contributed by atoms with Crippen LogP contribution in [-0.4, -0.2) is 23.3 Å². The minimum atomic E-state index is -1.26. The van der Waals surface area contributed by atoms with Crippen molar-refractivity contribution in [2.24, 2.45) is 5.73 Å². The summed E-state index contributed by atoms with van der Waals surface area (Å²) in [5.74, 6) is -0.902. The van der Waals surface area contributed by atoms with E-state index in [9.17, 15) is 9.90 Å². The van der Waals surface area contributed by atoms with Gasteiger partial charge in [0.2, 0.25) is 0 Å². The summed E-state index contributed by atoms with van der Waals surface area (Å²) in [7, 11) is 1.46. The lowest BCUT2D eigenvalue weighted by atomic mass is 10.0. The number of aromatic hydroxyl groups is 1. The van der Waals surface area contributed by atoms with Crippen LogP contribution in [0.3, 0.4) is 0 Å². The van der Waals surface area contributed by atoms with Crippen LogP contribution in [0.4, 0.5) is 0 Å². The number of phenolic OH excluding ortho intramolecular Hbond substituents is 1. The third-order valence-corrected chi connectivity index (χ3v) is 2.86. The molecule has 0 saturated heterocycles. The van der Waals surface area contributed by atoms with E-state index in [-0.39, 0.29) is 11.3 Å². The van der Waals surface area contributed by atoms with Crippen molar-refractivity contribution in [2.75, 3.05) is 7.11 Å². The Balaban J connectivity index is 3.39. The second kappa shape index (κ2) is 4.71. The van der Waals surface area contributed by atoms with Gasteiger partial charge in [0.25, 0.3) is 0 Å². The van der Waals surface area contributed by atoms with Gasteiger partial charge >= 0.3 is 5.97 Å². The van der Waals surface area contributed by atoms with E-state index in [1.165, 1.54) is 13.2 Å². The number of halogens is 1. The lowest BCUT2D eigenvalue weighted by Crippen LogP contribution is -2.21. The zero-order valence-corrected chi connectivity index (χ0v) is 10.4. The molecule has 5 nitrogen and oxygen atoms in total. The molecule has 16 heavy (non-hydrogen) atoms.